The van der Waals surface area contributed by atoms with E-state index in [4.69, 9.17) is 5.73 Å². The molecule has 0 fully saturated rings. The third-order valence-corrected chi connectivity index (χ3v) is 2.51. The molecule has 0 bridgehead atoms. The van der Waals surface area contributed by atoms with Crippen molar-refractivity contribution in [1.82, 2.24) is 0 Å². The Balaban J connectivity index is 2.77. The number of rotatable bonds is 5. The third-order valence-electron chi connectivity index (χ3n) is 2.51. The summed E-state index contributed by atoms with van der Waals surface area (Å²) in [5.41, 5.74) is 5.55. The molecular formula is C12H17N3O4. The van der Waals surface area contributed by atoms with E-state index in [0.717, 1.165) is 6.07 Å². The SMILES string of the molecule is CC(C)CC(N)C(=O)Nc1ccc([N+](=O)[O-])cc1O. The van der Waals surface area contributed by atoms with Crippen LogP contribution in [0.5, 0.6) is 5.75 Å². The Bertz CT molecular complexity index is 488. The van der Waals surface area contributed by atoms with Crippen LogP contribution in [0.3, 0.4) is 0 Å². The fourth-order valence-electron chi connectivity index (χ4n) is 1.58. The number of nitrogens with zero attached hydrogens (tertiary/aromatic N) is 1. The number of non-ortho nitro benzene ring substituents is 1. The van der Waals surface area contributed by atoms with Crippen molar-refractivity contribution in [3.63, 3.8) is 0 Å². The van der Waals surface area contributed by atoms with Crippen molar-refractivity contribution < 1.29 is 14.8 Å². The number of carbonyl (C=O) groups is 1. The Kier molecular flexibility index (Phi) is 4.82. The van der Waals surface area contributed by atoms with E-state index in [0.29, 0.717) is 6.42 Å². The van der Waals surface area contributed by atoms with Gasteiger partial charge < -0.3 is 16.2 Å². The molecule has 1 aromatic carbocycles. The van der Waals surface area contributed by atoms with E-state index < -0.39 is 16.9 Å². The van der Waals surface area contributed by atoms with Gasteiger partial charge in [0.15, 0.2) is 0 Å². The van der Waals surface area contributed by atoms with E-state index in [1.165, 1.54) is 12.1 Å². The predicted octanol–water partition coefficient (Wildman–Crippen LogP) is 1.61. The van der Waals surface area contributed by atoms with Crippen molar-refractivity contribution in [2.45, 2.75) is 26.3 Å². The summed E-state index contributed by atoms with van der Waals surface area (Å²) < 4.78 is 0. The maximum absolute atomic E-state index is 11.7. The Morgan fingerprint density at radius 2 is 2.16 bits per heavy atom. The molecule has 1 unspecified atom stereocenters. The molecule has 4 N–H and O–H groups in total. The van der Waals surface area contributed by atoms with Crippen molar-refractivity contribution in [3.05, 3.63) is 28.3 Å². The lowest BCUT2D eigenvalue weighted by molar-refractivity contribution is -0.384. The van der Waals surface area contributed by atoms with Gasteiger partial charge in [0.25, 0.3) is 5.69 Å². The van der Waals surface area contributed by atoms with Crippen LogP contribution in [-0.4, -0.2) is 22.0 Å². The Morgan fingerprint density at radius 3 is 2.63 bits per heavy atom. The lowest BCUT2D eigenvalue weighted by Crippen LogP contribution is -2.36. The normalized spacial score (nSPS) is 12.2. The molecule has 1 atom stereocenters. The van der Waals surface area contributed by atoms with E-state index in [-0.39, 0.29) is 23.0 Å². The molecule has 104 valence electrons. The van der Waals surface area contributed by atoms with Gasteiger partial charge >= 0.3 is 0 Å². The standard InChI is InChI=1S/C12H17N3O4/c1-7(2)5-9(13)12(17)14-10-4-3-8(15(18)19)6-11(10)16/h3-4,6-7,9,16H,5,13H2,1-2H3,(H,14,17). The molecule has 1 aromatic rings. The minimum Gasteiger partial charge on any atom is -0.506 e. The molecule has 19 heavy (non-hydrogen) atoms. The fourth-order valence-corrected chi connectivity index (χ4v) is 1.58. The monoisotopic (exact) mass is 267 g/mol. The van der Waals surface area contributed by atoms with Gasteiger partial charge in [0.1, 0.15) is 5.75 Å². The van der Waals surface area contributed by atoms with Gasteiger partial charge in [-0.25, -0.2) is 0 Å². The van der Waals surface area contributed by atoms with Crippen LogP contribution in [0.25, 0.3) is 0 Å². The van der Waals surface area contributed by atoms with Gasteiger partial charge in [0.05, 0.1) is 22.7 Å². The summed E-state index contributed by atoms with van der Waals surface area (Å²) in [4.78, 5) is 21.6. The van der Waals surface area contributed by atoms with Crippen LogP contribution in [0, 0.1) is 16.0 Å². The van der Waals surface area contributed by atoms with Crippen molar-refractivity contribution in [3.8, 4) is 5.75 Å². The number of phenolic OH excluding ortho intramolecular Hbond substituents is 1. The Hall–Kier alpha value is -2.15. The van der Waals surface area contributed by atoms with Crippen LogP contribution in [0.1, 0.15) is 20.3 Å². The van der Waals surface area contributed by atoms with Crippen molar-refractivity contribution in [2.24, 2.45) is 11.7 Å². The summed E-state index contributed by atoms with van der Waals surface area (Å²) in [6.45, 7) is 3.88. The summed E-state index contributed by atoms with van der Waals surface area (Å²) in [7, 11) is 0. The molecule has 0 spiro atoms. The van der Waals surface area contributed by atoms with Gasteiger partial charge in [-0.15, -0.1) is 0 Å². The maximum atomic E-state index is 11.7. The van der Waals surface area contributed by atoms with E-state index in [1.807, 2.05) is 13.8 Å². The molecule has 0 heterocycles. The molecule has 0 saturated carbocycles. The topological polar surface area (TPSA) is 118 Å². The molecule has 0 aliphatic heterocycles. The number of aromatic hydroxyl groups is 1. The highest BCUT2D eigenvalue weighted by atomic mass is 16.6. The van der Waals surface area contributed by atoms with Gasteiger partial charge in [-0.1, -0.05) is 13.8 Å². The quantitative estimate of drug-likeness (QED) is 0.425. The zero-order valence-electron chi connectivity index (χ0n) is 10.8. The Labute approximate surface area is 110 Å². The van der Waals surface area contributed by atoms with Crippen LogP contribution < -0.4 is 11.1 Å². The fraction of sp³-hybridized carbons (Fsp3) is 0.417. The number of nitro groups is 1. The average molecular weight is 267 g/mol. The highest BCUT2D eigenvalue weighted by molar-refractivity contribution is 5.96. The van der Waals surface area contributed by atoms with Crippen LogP contribution >= 0.6 is 0 Å². The molecule has 1 amide bonds. The first-order valence-corrected chi connectivity index (χ1v) is 5.85. The van der Waals surface area contributed by atoms with Crippen molar-refractivity contribution in [2.75, 3.05) is 5.32 Å². The van der Waals surface area contributed by atoms with Gasteiger partial charge in [-0.2, -0.15) is 0 Å². The van der Waals surface area contributed by atoms with Gasteiger partial charge in [0, 0.05) is 6.07 Å². The number of amides is 1. The predicted molar refractivity (Wildman–Crippen MR) is 70.8 cm³/mol. The van der Waals surface area contributed by atoms with E-state index in [1.54, 1.807) is 0 Å². The van der Waals surface area contributed by atoms with Crippen LogP contribution in [0.15, 0.2) is 18.2 Å². The van der Waals surface area contributed by atoms with Crippen LogP contribution in [-0.2, 0) is 4.79 Å². The molecule has 0 aromatic heterocycles. The zero-order valence-corrected chi connectivity index (χ0v) is 10.8. The summed E-state index contributed by atoms with van der Waals surface area (Å²) in [6.07, 6.45) is 0.513. The second-order valence-corrected chi connectivity index (χ2v) is 4.68. The first-order chi connectivity index (χ1) is 8.81. The number of nitro benzene ring substituents is 1. The zero-order chi connectivity index (χ0) is 14.6. The minimum absolute atomic E-state index is 0.106. The van der Waals surface area contributed by atoms with E-state index in [9.17, 15) is 20.0 Å². The Morgan fingerprint density at radius 1 is 1.53 bits per heavy atom. The summed E-state index contributed by atoms with van der Waals surface area (Å²) in [6, 6.07) is 2.76. The number of carbonyl (C=O) groups excluding carboxylic acids is 1. The third kappa shape index (κ3) is 4.22. The molecule has 0 saturated heterocycles. The molecule has 7 heteroatoms. The first kappa shape index (κ1) is 14.9. The smallest absolute Gasteiger partial charge is 0.273 e. The van der Waals surface area contributed by atoms with E-state index >= 15 is 0 Å². The molecule has 0 aliphatic rings. The number of hydrogen-bond acceptors (Lipinski definition) is 5. The van der Waals surface area contributed by atoms with Crippen molar-refractivity contribution >= 4 is 17.3 Å². The van der Waals surface area contributed by atoms with Gasteiger partial charge in [-0.3, -0.25) is 14.9 Å². The van der Waals surface area contributed by atoms with Gasteiger partial charge in [0.2, 0.25) is 5.91 Å². The second kappa shape index (κ2) is 6.14. The summed E-state index contributed by atoms with van der Waals surface area (Å²) >= 11 is 0. The summed E-state index contributed by atoms with van der Waals surface area (Å²) in [5, 5.41) is 22.5. The largest absolute Gasteiger partial charge is 0.506 e. The average Bonchev–Trinajstić information content (AvgIpc) is 2.30. The number of benzene rings is 1. The number of nitrogens with two attached hydrogens (primary N) is 1. The number of phenols is 1. The highest BCUT2D eigenvalue weighted by Gasteiger charge is 2.17. The summed E-state index contributed by atoms with van der Waals surface area (Å²) in [5.74, 6) is -0.525. The molecular weight excluding hydrogens is 250 g/mol. The van der Waals surface area contributed by atoms with Gasteiger partial charge in [-0.05, 0) is 18.4 Å². The molecule has 0 aliphatic carbocycles. The molecule has 0 radical (unpaired) electrons. The number of anilines is 1. The van der Waals surface area contributed by atoms with E-state index in [2.05, 4.69) is 5.32 Å². The lowest BCUT2D eigenvalue weighted by Gasteiger charge is -2.14. The van der Waals surface area contributed by atoms with Crippen LogP contribution in [0.2, 0.25) is 0 Å². The highest BCUT2D eigenvalue weighted by Crippen LogP contribution is 2.27. The number of hydrogen-bond donors (Lipinski definition) is 3. The molecule has 1 rings (SSSR count). The van der Waals surface area contributed by atoms with Crippen molar-refractivity contribution in [1.29, 1.82) is 0 Å². The second-order valence-electron chi connectivity index (χ2n) is 4.68. The first-order valence-electron chi connectivity index (χ1n) is 5.85. The minimum atomic E-state index is -0.686. The lowest BCUT2D eigenvalue weighted by atomic mass is 10.0. The molecule has 7 nitrogen and oxygen atoms in total. The number of nitrogens with one attached hydrogen (secondary N) is 1. The van der Waals surface area contributed by atoms with Crippen LogP contribution in [0.4, 0.5) is 11.4 Å². The maximum Gasteiger partial charge on any atom is 0.273 e.